The van der Waals surface area contributed by atoms with Crippen molar-refractivity contribution in [2.45, 2.75) is 37.6 Å². The van der Waals surface area contributed by atoms with Gasteiger partial charge in [0.2, 0.25) is 5.91 Å². The van der Waals surface area contributed by atoms with Gasteiger partial charge in [-0.15, -0.1) is 0 Å². The van der Waals surface area contributed by atoms with Crippen LogP contribution in [0.4, 0.5) is 0 Å². The summed E-state index contributed by atoms with van der Waals surface area (Å²) in [6, 6.07) is 2.06. The number of amides is 1. The number of carbonyl (C=O) groups is 1. The first-order valence-electron chi connectivity index (χ1n) is 5.24. The van der Waals surface area contributed by atoms with E-state index in [4.69, 9.17) is 11.0 Å². The Bertz CT molecular complexity index is 349. The Balaban J connectivity index is 2.37. The maximum absolute atomic E-state index is 11.6. The minimum atomic E-state index is -0.676. The molecule has 1 amide bonds. The van der Waals surface area contributed by atoms with Crippen molar-refractivity contribution in [3.63, 3.8) is 0 Å². The molecule has 1 fully saturated rings. The average molecular weight is 206 g/mol. The third kappa shape index (κ3) is 1.56. The second-order valence-electron chi connectivity index (χ2n) is 4.21. The number of hydrogen-bond acceptors (Lipinski definition) is 4. The summed E-state index contributed by atoms with van der Waals surface area (Å²) in [4.78, 5) is 15.9. The van der Waals surface area contributed by atoms with Crippen LogP contribution in [0.15, 0.2) is 4.99 Å². The Kier molecular flexibility index (Phi) is 2.35. The van der Waals surface area contributed by atoms with Gasteiger partial charge in [-0.05, 0) is 12.8 Å². The first-order chi connectivity index (χ1) is 7.18. The topological polar surface area (TPSA) is 91.3 Å². The number of nitrogens with one attached hydrogen (secondary N) is 1. The van der Waals surface area contributed by atoms with Crippen molar-refractivity contribution in [1.82, 2.24) is 5.32 Å². The van der Waals surface area contributed by atoms with Gasteiger partial charge in [0.25, 0.3) is 0 Å². The number of rotatable bonds is 0. The van der Waals surface area contributed by atoms with E-state index in [-0.39, 0.29) is 11.9 Å². The number of nitrogens with two attached hydrogens (primary N) is 1. The quantitative estimate of drug-likeness (QED) is 0.596. The number of nitriles is 1. The van der Waals surface area contributed by atoms with E-state index < -0.39 is 11.5 Å². The normalized spacial score (nSPS) is 29.1. The Morgan fingerprint density at radius 1 is 1.47 bits per heavy atom. The predicted molar refractivity (Wildman–Crippen MR) is 54.7 cm³/mol. The van der Waals surface area contributed by atoms with Gasteiger partial charge >= 0.3 is 0 Å². The SMILES string of the molecule is N#C[C@@H]1C(=O)NC(N)=NC12CCCCC2. The highest BCUT2D eigenvalue weighted by Crippen LogP contribution is 2.39. The van der Waals surface area contributed by atoms with Gasteiger partial charge in [-0.3, -0.25) is 10.1 Å². The number of hydrogen-bond donors (Lipinski definition) is 2. The summed E-state index contributed by atoms with van der Waals surface area (Å²) in [6.45, 7) is 0. The summed E-state index contributed by atoms with van der Waals surface area (Å²) in [5, 5.41) is 11.5. The molecule has 1 saturated carbocycles. The van der Waals surface area contributed by atoms with E-state index in [1.807, 2.05) is 0 Å². The number of aliphatic imine (C=N–C) groups is 1. The minimum absolute atomic E-state index is 0.161. The van der Waals surface area contributed by atoms with Gasteiger partial charge in [-0.25, -0.2) is 4.99 Å². The first kappa shape index (κ1) is 9.97. The highest BCUT2D eigenvalue weighted by Gasteiger charge is 2.46. The van der Waals surface area contributed by atoms with E-state index in [1.54, 1.807) is 0 Å². The maximum Gasteiger partial charge on any atom is 0.246 e. The monoisotopic (exact) mass is 206 g/mol. The molecule has 0 radical (unpaired) electrons. The third-order valence-electron chi connectivity index (χ3n) is 3.24. The van der Waals surface area contributed by atoms with Crippen molar-refractivity contribution in [2.75, 3.05) is 0 Å². The van der Waals surface area contributed by atoms with Crippen LogP contribution >= 0.6 is 0 Å². The zero-order valence-corrected chi connectivity index (χ0v) is 8.49. The Labute approximate surface area is 88.4 Å². The van der Waals surface area contributed by atoms with Crippen LogP contribution in [0.25, 0.3) is 0 Å². The molecule has 15 heavy (non-hydrogen) atoms. The van der Waals surface area contributed by atoms with Gasteiger partial charge in [0, 0.05) is 0 Å². The largest absolute Gasteiger partial charge is 0.370 e. The van der Waals surface area contributed by atoms with E-state index in [9.17, 15) is 4.79 Å². The van der Waals surface area contributed by atoms with Crippen LogP contribution in [0.3, 0.4) is 0 Å². The fraction of sp³-hybridized carbons (Fsp3) is 0.700. The standard InChI is InChI=1S/C10H14N4O/c11-6-7-8(15)13-9(12)14-10(7)4-2-1-3-5-10/h7H,1-5H2,(H3,12,13,14,15)/t7-/m1/s1. The van der Waals surface area contributed by atoms with Crippen molar-refractivity contribution in [3.05, 3.63) is 0 Å². The molecule has 1 heterocycles. The van der Waals surface area contributed by atoms with E-state index in [1.165, 1.54) is 0 Å². The number of guanidine groups is 1. The molecule has 3 N–H and O–H groups in total. The van der Waals surface area contributed by atoms with E-state index in [2.05, 4.69) is 16.4 Å². The number of nitrogens with zero attached hydrogens (tertiary/aromatic N) is 2. The van der Waals surface area contributed by atoms with Crippen molar-refractivity contribution < 1.29 is 4.79 Å². The van der Waals surface area contributed by atoms with Crippen LogP contribution in [-0.4, -0.2) is 17.4 Å². The van der Waals surface area contributed by atoms with E-state index in [0.29, 0.717) is 0 Å². The molecule has 0 unspecified atom stereocenters. The molecule has 80 valence electrons. The second-order valence-corrected chi connectivity index (χ2v) is 4.21. The van der Waals surface area contributed by atoms with E-state index in [0.717, 1.165) is 32.1 Å². The molecular weight excluding hydrogens is 192 g/mol. The fourth-order valence-electron chi connectivity index (χ4n) is 2.52. The molecule has 1 atom stereocenters. The molecule has 0 bridgehead atoms. The summed E-state index contributed by atoms with van der Waals surface area (Å²) in [6.07, 6.45) is 4.76. The summed E-state index contributed by atoms with van der Waals surface area (Å²) < 4.78 is 0. The molecule has 2 rings (SSSR count). The summed E-state index contributed by atoms with van der Waals surface area (Å²) in [5.41, 5.74) is 5.01. The third-order valence-corrected chi connectivity index (χ3v) is 3.24. The molecule has 0 aromatic carbocycles. The lowest BCUT2D eigenvalue weighted by atomic mass is 9.72. The zero-order chi connectivity index (χ0) is 10.9. The summed E-state index contributed by atoms with van der Waals surface area (Å²) in [7, 11) is 0. The van der Waals surface area contributed by atoms with Gasteiger partial charge < -0.3 is 5.73 Å². The van der Waals surface area contributed by atoms with Gasteiger partial charge in [-0.2, -0.15) is 5.26 Å². The van der Waals surface area contributed by atoms with Gasteiger partial charge in [0.05, 0.1) is 11.6 Å². The van der Waals surface area contributed by atoms with E-state index >= 15 is 0 Å². The lowest BCUT2D eigenvalue weighted by Gasteiger charge is -2.39. The summed E-state index contributed by atoms with van der Waals surface area (Å²) >= 11 is 0. The Morgan fingerprint density at radius 2 is 2.13 bits per heavy atom. The molecule has 2 aliphatic rings. The highest BCUT2D eigenvalue weighted by atomic mass is 16.2. The van der Waals surface area contributed by atoms with Crippen molar-refractivity contribution in [3.8, 4) is 6.07 Å². The predicted octanol–water partition coefficient (Wildman–Crippen LogP) is 0.274. The first-order valence-corrected chi connectivity index (χ1v) is 5.24. The minimum Gasteiger partial charge on any atom is -0.370 e. The van der Waals surface area contributed by atoms with Crippen LogP contribution in [0.5, 0.6) is 0 Å². The molecule has 1 aliphatic heterocycles. The lowest BCUT2D eigenvalue weighted by Crippen LogP contribution is -2.55. The van der Waals surface area contributed by atoms with Crippen molar-refractivity contribution in [1.29, 1.82) is 5.26 Å². The fourth-order valence-corrected chi connectivity index (χ4v) is 2.52. The van der Waals surface area contributed by atoms with Crippen molar-refractivity contribution in [2.24, 2.45) is 16.6 Å². The lowest BCUT2D eigenvalue weighted by molar-refractivity contribution is -0.124. The van der Waals surface area contributed by atoms with Crippen LogP contribution in [0, 0.1) is 17.2 Å². The van der Waals surface area contributed by atoms with Crippen LogP contribution in [0.2, 0.25) is 0 Å². The molecular formula is C10H14N4O. The number of carbonyl (C=O) groups excluding carboxylic acids is 1. The summed E-state index contributed by atoms with van der Waals surface area (Å²) in [5.74, 6) is -0.814. The maximum atomic E-state index is 11.6. The van der Waals surface area contributed by atoms with Gasteiger partial charge in [0.15, 0.2) is 11.9 Å². The van der Waals surface area contributed by atoms with Crippen LogP contribution in [0.1, 0.15) is 32.1 Å². The Morgan fingerprint density at radius 3 is 2.73 bits per heavy atom. The Hall–Kier alpha value is -1.57. The van der Waals surface area contributed by atoms with Crippen LogP contribution < -0.4 is 11.1 Å². The molecule has 5 nitrogen and oxygen atoms in total. The zero-order valence-electron chi connectivity index (χ0n) is 8.49. The molecule has 0 saturated heterocycles. The molecule has 1 spiro atoms. The second kappa shape index (κ2) is 3.54. The van der Waals surface area contributed by atoms with Gasteiger partial charge in [-0.1, -0.05) is 19.3 Å². The molecule has 5 heteroatoms. The van der Waals surface area contributed by atoms with Crippen molar-refractivity contribution >= 4 is 11.9 Å². The van der Waals surface area contributed by atoms with Crippen LogP contribution in [-0.2, 0) is 4.79 Å². The highest BCUT2D eigenvalue weighted by molar-refractivity contribution is 6.01. The molecule has 0 aromatic heterocycles. The molecule has 1 aliphatic carbocycles. The molecule has 0 aromatic rings. The average Bonchev–Trinajstić information content (AvgIpc) is 2.18. The smallest absolute Gasteiger partial charge is 0.246 e. The van der Waals surface area contributed by atoms with Gasteiger partial charge in [0.1, 0.15) is 0 Å².